The van der Waals surface area contributed by atoms with Crippen molar-refractivity contribution in [2.75, 3.05) is 4.90 Å². The van der Waals surface area contributed by atoms with Crippen molar-refractivity contribution in [3.63, 3.8) is 0 Å². The molecule has 0 aromatic heterocycles. The fourth-order valence-corrected chi connectivity index (χ4v) is 5.32. The average molecular weight is 476 g/mol. The van der Waals surface area contributed by atoms with Crippen LogP contribution >= 0.6 is 23.2 Å². The summed E-state index contributed by atoms with van der Waals surface area (Å²) < 4.78 is 40.7. The minimum absolute atomic E-state index is 0.0792. The highest BCUT2D eigenvalue weighted by molar-refractivity contribution is 7.96. The van der Waals surface area contributed by atoms with Crippen LogP contribution < -0.4 is 4.90 Å². The number of anilines is 2. The summed E-state index contributed by atoms with van der Waals surface area (Å²) in [7, 11) is -4.19. The summed E-state index contributed by atoms with van der Waals surface area (Å²) in [6.07, 6.45) is 1.21. The van der Waals surface area contributed by atoms with E-state index in [2.05, 4.69) is 0 Å². The van der Waals surface area contributed by atoms with Crippen molar-refractivity contribution < 1.29 is 17.6 Å². The molecule has 1 heterocycles. The Labute approximate surface area is 189 Å². The number of nitrogens with zero attached hydrogens (tertiary/aromatic N) is 1. The number of sulfone groups is 1. The van der Waals surface area contributed by atoms with E-state index in [1.54, 1.807) is 31.2 Å². The first-order valence-electron chi connectivity index (χ1n) is 9.22. The standard InChI is InChI=1S/C23H16Cl2FNO3S/c1-13-3-6-17(14(2)9-13)23(28)22-12-27(16-5-7-18(24)19(25)11-16)20-10-15(26)4-8-21(20)31(22,29)30/h3-12H,1-2H3. The van der Waals surface area contributed by atoms with E-state index < -0.39 is 26.3 Å². The zero-order chi connectivity index (χ0) is 22.5. The lowest BCUT2D eigenvalue weighted by atomic mass is 10.0. The van der Waals surface area contributed by atoms with Gasteiger partial charge in [0.1, 0.15) is 10.7 Å². The van der Waals surface area contributed by atoms with Crippen LogP contribution in [0.15, 0.2) is 70.6 Å². The number of hydrogen-bond donors (Lipinski definition) is 0. The van der Waals surface area contributed by atoms with Gasteiger partial charge in [0.15, 0.2) is 0 Å². The Morgan fingerprint density at radius 3 is 2.35 bits per heavy atom. The SMILES string of the molecule is Cc1ccc(C(=O)C2=CN(c3ccc(Cl)c(Cl)c3)c3cc(F)ccc3S2(=O)=O)c(C)c1. The Hall–Kier alpha value is -2.67. The van der Waals surface area contributed by atoms with Gasteiger partial charge in [-0.3, -0.25) is 4.79 Å². The molecular weight excluding hydrogens is 460 g/mol. The molecule has 3 aromatic rings. The van der Waals surface area contributed by atoms with Crippen molar-refractivity contribution in [3.8, 4) is 0 Å². The number of carbonyl (C=O) groups is 1. The molecule has 0 atom stereocenters. The number of carbonyl (C=O) groups excluding carboxylic acids is 1. The fourth-order valence-electron chi connectivity index (χ4n) is 3.51. The first-order chi connectivity index (χ1) is 14.6. The number of halogens is 3. The molecule has 0 amide bonds. The molecule has 0 radical (unpaired) electrons. The monoisotopic (exact) mass is 475 g/mol. The Morgan fingerprint density at radius 1 is 0.935 bits per heavy atom. The molecule has 0 saturated carbocycles. The molecule has 1 aliphatic rings. The van der Waals surface area contributed by atoms with Gasteiger partial charge in [0.2, 0.25) is 15.6 Å². The fraction of sp³-hybridized carbons (Fsp3) is 0.0870. The van der Waals surface area contributed by atoms with E-state index in [1.807, 2.05) is 13.0 Å². The number of rotatable bonds is 3. The van der Waals surface area contributed by atoms with Crippen LogP contribution in [-0.2, 0) is 9.84 Å². The highest BCUT2D eigenvalue weighted by atomic mass is 35.5. The molecule has 0 N–H and O–H groups in total. The second kappa shape index (κ2) is 7.79. The molecule has 3 aromatic carbocycles. The summed E-state index contributed by atoms with van der Waals surface area (Å²) in [4.78, 5) is 14.2. The van der Waals surface area contributed by atoms with Gasteiger partial charge in [0, 0.05) is 17.5 Å². The second-order valence-corrected chi connectivity index (χ2v) is 9.93. The van der Waals surface area contributed by atoms with E-state index in [9.17, 15) is 17.6 Å². The number of aryl methyl sites for hydroxylation is 2. The van der Waals surface area contributed by atoms with Crippen molar-refractivity contribution in [2.24, 2.45) is 0 Å². The van der Waals surface area contributed by atoms with Gasteiger partial charge in [0.05, 0.1) is 20.6 Å². The topological polar surface area (TPSA) is 54.5 Å². The van der Waals surface area contributed by atoms with Crippen molar-refractivity contribution >= 4 is 50.2 Å². The molecule has 31 heavy (non-hydrogen) atoms. The van der Waals surface area contributed by atoms with E-state index in [-0.39, 0.29) is 21.2 Å². The maximum Gasteiger partial charge on any atom is 0.214 e. The van der Waals surface area contributed by atoms with Crippen LogP contribution in [0.4, 0.5) is 15.8 Å². The Kier molecular flexibility index (Phi) is 5.41. The molecule has 8 heteroatoms. The van der Waals surface area contributed by atoms with Gasteiger partial charge in [-0.25, -0.2) is 12.8 Å². The van der Waals surface area contributed by atoms with E-state index in [0.29, 0.717) is 16.3 Å². The van der Waals surface area contributed by atoms with Crippen LogP contribution in [0.2, 0.25) is 10.0 Å². The summed E-state index contributed by atoms with van der Waals surface area (Å²) in [5.74, 6) is -1.26. The van der Waals surface area contributed by atoms with Gasteiger partial charge < -0.3 is 4.90 Å². The van der Waals surface area contributed by atoms with Crippen LogP contribution in [0, 0.1) is 19.7 Å². The van der Waals surface area contributed by atoms with Crippen molar-refractivity contribution in [1.82, 2.24) is 0 Å². The molecule has 0 bridgehead atoms. The van der Waals surface area contributed by atoms with Crippen molar-refractivity contribution in [1.29, 1.82) is 0 Å². The quantitative estimate of drug-likeness (QED) is 0.324. The highest BCUT2D eigenvalue weighted by Crippen LogP contribution is 2.42. The van der Waals surface area contributed by atoms with Gasteiger partial charge in [0.25, 0.3) is 0 Å². The van der Waals surface area contributed by atoms with Crippen molar-refractivity contribution in [3.05, 3.63) is 98.3 Å². The summed E-state index contributed by atoms with van der Waals surface area (Å²) >= 11 is 12.1. The third kappa shape index (κ3) is 3.76. The highest BCUT2D eigenvalue weighted by Gasteiger charge is 2.37. The van der Waals surface area contributed by atoms with Gasteiger partial charge in [-0.1, -0.05) is 47.0 Å². The van der Waals surface area contributed by atoms with Crippen LogP contribution in [0.1, 0.15) is 21.5 Å². The van der Waals surface area contributed by atoms with Crippen LogP contribution in [-0.4, -0.2) is 14.2 Å². The Morgan fingerprint density at radius 2 is 1.68 bits per heavy atom. The molecule has 0 aliphatic carbocycles. The average Bonchev–Trinajstić information content (AvgIpc) is 2.69. The van der Waals surface area contributed by atoms with Gasteiger partial charge >= 0.3 is 0 Å². The molecular formula is C23H16Cl2FNO3S. The Balaban J connectivity index is 1.96. The lowest BCUT2D eigenvalue weighted by molar-refractivity contribution is 0.104. The largest absolute Gasteiger partial charge is 0.314 e. The van der Waals surface area contributed by atoms with Crippen LogP contribution in [0.5, 0.6) is 0 Å². The number of allylic oxidation sites excluding steroid dienone is 1. The number of hydrogen-bond acceptors (Lipinski definition) is 4. The summed E-state index contributed by atoms with van der Waals surface area (Å²) in [5.41, 5.74) is 2.40. The lowest BCUT2D eigenvalue weighted by Crippen LogP contribution is -2.26. The third-order valence-corrected chi connectivity index (χ3v) is 7.57. The summed E-state index contributed by atoms with van der Waals surface area (Å²) in [6.45, 7) is 3.63. The molecule has 0 spiro atoms. The number of ketones is 1. The molecule has 4 rings (SSSR count). The smallest absolute Gasteiger partial charge is 0.214 e. The second-order valence-electron chi connectivity index (χ2n) is 7.22. The van der Waals surface area contributed by atoms with Crippen molar-refractivity contribution in [2.45, 2.75) is 18.7 Å². The van der Waals surface area contributed by atoms with E-state index >= 15 is 0 Å². The molecule has 158 valence electrons. The number of fused-ring (bicyclic) bond motifs is 1. The predicted octanol–water partition coefficient (Wildman–Crippen LogP) is 6.40. The third-order valence-electron chi connectivity index (χ3n) is 5.04. The zero-order valence-electron chi connectivity index (χ0n) is 16.5. The molecule has 1 aliphatic heterocycles. The van der Waals surface area contributed by atoms with E-state index in [0.717, 1.165) is 23.8 Å². The maximum atomic E-state index is 14.0. The molecule has 0 fully saturated rings. The normalized spacial score (nSPS) is 14.7. The van der Waals surface area contributed by atoms with E-state index in [4.69, 9.17) is 23.2 Å². The Bertz CT molecular complexity index is 1380. The predicted molar refractivity (Wildman–Crippen MR) is 121 cm³/mol. The first-order valence-corrected chi connectivity index (χ1v) is 11.5. The minimum Gasteiger partial charge on any atom is -0.314 e. The first kappa shape index (κ1) is 21.6. The maximum absolute atomic E-state index is 14.0. The van der Waals surface area contributed by atoms with Gasteiger partial charge in [-0.05, 0) is 55.8 Å². The lowest BCUT2D eigenvalue weighted by Gasteiger charge is -2.29. The van der Waals surface area contributed by atoms with Gasteiger partial charge in [-0.2, -0.15) is 0 Å². The molecule has 4 nitrogen and oxygen atoms in total. The van der Waals surface area contributed by atoms with E-state index in [1.165, 1.54) is 17.2 Å². The van der Waals surface area contributed by atoms with Crippen LogP contribution in [0.3, 0.4) is 0 Å². The molecule has 0 saturated heterocycles. The summed E-state index contributed by atoms with van der Waals surface area (Å²) in [5, 5.41) is 0.547. The number of Topliss-reactive ketones (excluding diaryl/α,β-unsaturated/α-hetero) is 1. The minimum atomic E-state index is -4.19. The molecule has 0 unspecified atom stereocenters. The van der Waals surface area contributed by atoms with Crippen LogP contribution in [0.25, 0.3) is 0 Å². The number of benzene rings is 3. The zero-order valence-corrected chi connectivity index (χ0v) is 18.8. The van der Waals surface area contributed by atoms with Gasteiger partial charge in [-0.15, -0.1) is 0 Å². The summed E-state index contributed by atoms with van der Waals surface area (Å²) in [6, 6.07) is 13.1.